The highest BCUT2D eigenvalue weighted by molar-refractivity contribution is 5.89. The van der Waals surface area contributed by atoms with Gasteiger partial charge in [0.25, 0.3) is 0 Å². The molecule has 0 amide bonds. The number of Topliss-reactive ketones (excluding diaryl/α,β-unsaturated/α-hetero) is 1. The monoisotopic (exact) mass is 390 g/mol. The molecule has 0 aromatic heterocycles. The van der Waals surface area contributed by atoms with Gasteiger partial charge >= 0.3 is 17.9 Å². The van der Waals surface area contributed by atoms with Crippen LogP contribution in [0.5, 0.6) is 0 Å². The Kier molecular flexibility index (Phi) is 13.1. The summed E-state index contributed by atoms with van der Waals surface area (Å²) in [6, 6.07) is 0. The van der Waals surface area contributed by atoms with E-state index in [1.165, 1.54) is 0 Å². The van der Waals surface area contributed by atoms with E-state index in [4.69, 9.17) is 14.2 Å². The van der Waals surface area contributed by atoms with Gasteiger partial charge in [0.1, 0.15) is 6.10 Å². The molecule has 0 bridgehead atoms. The summed E-state index contributed by atoms with van der Waals surface area (Å²) >= 11 is 0. The minimum Gasteiger partial charge on any atom is -0.457 e. The van der Waals surface area contributed by atoms with Crippen LogP contribution in [0.2, 0.25) is 0 Å². The maximum absolute atomic E-state index is 12.5. The van der Waals surface area contributed by atoms with Crippen LogP contribution in [-0.4, -0.2) is 65.4 Å². The Morgan fingerprint density at radius 2 is 1.30 bits per heavy atom. The van der Waals surface area contributed by atoms with Crippen molar-refractivity contribution in [1.29, 1.82) is 0 Å². The molecule has 0 fully saturated rings. The molecule has 0 aliphatic carbocycles. The topological polar surface area (TPSA) is 136 Å². The Labute approximate surface area is 159 Å². The third-order valence-corrected chi connectivity index (χ3v) is 3.45. The molecule has 0 saturated carbocycles. The van der Waals surface area contributed by atoms with Crippen molar-refractivity contribution in [3.63, 3.8) is 0 Å². The molecule has 3 atom stereocenters. The van der Waals surface area contributed by atoms with Crippen LogP contribution in [0.25, 0.3) is 0 Å². The van der Waals surface area contributed by atoms with Crippen molar-refractivity contribution in [2.24, 2.45) is 0 Å². The second kappa shape index (κ2) is 14.1. The lowest BCUT2D eigenvalue weighted by Crippen LogP contribution is -2.50. The second-order valence-corrected chi connectivity index (χ2v) is 5.99. The number of ether oxygens (including phenoxy) is 3. The molecule has 0 radical (unpaired) electrons. The lowest BCUT2D eigenvalue weighted by atomic mass is 10.0. The number of aliphatic hydroxyl groups is 2. The number of rotatable bonds is 14. The number of carbonyl (C=O) groups is 4. The first kappa shape index (κ1) is 25.0. The van der Waals surface area contributed by atoms with Gasteiger partial charge in [0.15, 0.2) is 12.7 Å². The number of aliphatic hydroxyl groups excluding tert-OH is 2. The predicted molar refractivity (Wildman–Crippen MR) is 93.5 cm³/mol. The van der Waals surface area contributed by atoms with Gasteiger partial charge < -0.3 is 24.4 Å². The molecule has 0 heterocycles. The van der Waals surface area contributed by atoms with E-state index in [9.17, 15) is 29.4 Å². The van der Waals surface area contributed by atoms with Gasteiger partial charge in [-0.2, -0.15) is 0 Å². The zero-order chi connectivity index (χ0) is 20.8. The van der Waals surface area contributed by atoms with E-state index in [1.807, 2.05) is 0 Å². The molecular weight excluding hydrogens is 360 g/mol. The number of ketones is 1. The fourth-order valence-corrected chi connectivity index (χ4v) is 2.09. The molecule has 0 saturated heterocycles. The van der Waals surface area contributed by atoms with Crippen LogP contribution < -0.4 is 0 Å². The molecule has 0 aromatic rings. The second-order valence-electron chi connectivity index (χ2n) is 5.99. The third-order valence-electron chi connectivity index (χ3n) is 3.45. The summed E-state index contributed by atoms with van der Waals surface area (Å²) in [4.78, 5) is 47.6. The third kappa shape index (κ3) is 10.0. The Bertz CT molecular complexity index is 489. The predicted octanol–water partition coefficient (Wildman–Crippen LogP) is 0.676. The van der Waals surface area contributed by atoms with Crippen LogP contribution in [0, 0.1) is 0 Å². The molecule has 0 rings (SSSR count). The molecule has 2 N–H and O–H groups in total. The average Bonchev–Trinajstić information content (AvgIpc) is 2.62. The van der Waals surface area contributed by atoms with E-state index in [0.29, 0.717) is 19.3 Å². The maximum Gasteiger partial charge on any atom is 0.306 e. The lowest BCUT2D eigenvalue weighted by Gasteiger charge is -2.28. The smallest absolute Gasteiger partial charge is 0.306 e. The van der Waals surface area contributed by atoms with E-state index in [0.717, 1.165) is 0 Å². The largest absolute Gasteiger partial charge is 0.457 e. The highest BCUT2D eigenvalue weighted by atomic mass is 16.6. The van der Waals surface area contributed by atoms with Gasteiger partial charge in [0.2, 0.25) is 11.9 Å². The molecular formula is C18H30O9. The van der Waals surface area contributed by atoms with Crippen molar-refractivity contribution in [1.82, 2.24) is 0 Å². The fourth-order valence-electron chi connectivity index (χ4n) is 2.09. The molecule has 27 heavy (non-hydrogen) atoms. The molecule has 156 valence electrons. The van der Waals surface area contributed by atoms with Gasteiger partial charge in [-0.3, -0.25) is 19.2 Å². The molecule has 9 nitrogen and oxygen atoms in total. The zero-order valence-corrected chi connectivity index (χ0v) is 16.1. The van der Waals surface area contributed by atoms with Crippen LogP contribution in [0.15, 0.2) is 0 Å². The molecule has 0 aliphatic heterocycles. The van der Waals surface area contributed by atoms with Crippen molar-refractivity contribution in [3.8, 4) is 0 Å². The van der Waals surface area contributed by atoms with E-state index >= 15 is 0 Å². The van der Waals surface area contributed by atoms with Gasteiger partial charge in [0.05, 0.1) is 6.61 Å². The standard InChI is InChI=1S/C18H30O9/c1-4-7-14(22)25-11-13(21)18(27-16(24)9-6-3)17(12(20)10-19)26-15(23)8-5-2/h12,17-20H,4-11H2,1-3H3/t12-,17+,18+/m1/s1. The first-order valence-corrected chi connectivity index (χ1v) is 9.16. The first-order valence-electron chi connectivity index (χ1n) is 9.16. The van der Waals surface area contributed by atoms with Gasteiger partial charge in [0, 0.05) is 19.3 Å². The summed E-state index contributed by atoms with van der Waals surface area (Å²) in [5, 5.41) is 19.2. The first-order chi connectivity index (χ1) is 12.8. The van der Waals surface area contributed by atoms with Gasteiger partial charge in [-0.05, 0) is 19.3 Å². The van der Waals surface area contributed by atoms with Crippen molar-refractivity contribution < 1.29 is 43.6 Å². The lowest BCUT2D eigenvalue weighted by molar-refractivity contribution is -0.184. The molecule has 0 spiro atoms. The quantitative estimate of drug-likeness (QED) is 0.324. The summed E-state index contributed by atoms with van der Waals surface area (Å²) in [6.07, 6.45) is -3.37. The number of esters is 3. The minimum absolute atomic E-state index is 0.00422. The van der Waals surface area contributed by atoms with Crippen LogP contribution in [-0.2, 0) is 33.4 Å². The molecule has 0 unspecified atom stereocenters. The Hall–Kier alpha value is -2.00. The van der Waals surface area contributed by atoms with Crippen LogP contribution in [0.4, 0.5) is 0 Å². The Morgan fingerprint density at radius 1 is 0.815 bits per heavy atom. The average molecular weight is 390 g/mol. The van der Waals surface area contributed by atoms with E-state index in [1.54, 1.807) is 20.8 Å². The number of hydrogen-bond donors (Lipinski definition) is 2. The van der Waals surface area contributed by atoms with E-state index < -0.39 is 55.2 Å². The summed E-state index contributed by atoms with van der Waals surface area (Å²) < 4.78 is 15.0. The Morgan fingerprint density at radius 3 is 1.78 bits per heavy atom. The summed E-state index contributed by atoms with van der Waals surface area (Å²) in [5.74, 6) is -2.92. The zero-order valence-electron chi connectivity index (χ0n) is 16.1. The number of carbonyl (C=O) groups excluding carboxylic acids is 4. The highest BCUT2D eigenvalue weighted by Gasteiger charge is 2.39. The normalized spacial score (nSPS) is 14.0. The summed E-state index contributed by atoms with van der Waals surface area (Å²) in [6.45, 7) is 3.69. The fraction of sp³-hybridized carbons (Fsp3) is 0.778. The molecule has 0 aromatic carbocycles. The van der Waals surface area contributed by atoms with E-state index in [2.05, 4.69) is 0 Å². The van der Waals surface area contributed by atoms with Gasteiger partial charge in [-0.1, -0.05) is 20.8 Å². The summed E-state index contributed by atoms with van der Waals surface area (Å²) in [5.41, 5.74) is 0. The molecule has 9 heteroatoms. The van der Waals surface area contributed by atoms with Gasteiger partial charge in [-0.25, -0.2) is 0 Å². The van der Waals surface area contributed by atoms with Gasteiger partial charge in [-0.15, -0.1) is 0 Å². The van der Waals surface area contributed by atoms with Crippen LogP contribution in [0.1, 0.15) is 59.3 Å². The number of hydrogen-bond acceptors (Lipinski definition) is 9. The van der Waals surface area contributed by atoms with Crippen molar-refractivity contribution >= 4 is 23.7 Å². The molecule has 0 aliphatic rings. The van der Waals surface area contributed by atoms with Crippen LogP contribution >= 0.6 is 0 Å². The van der Waals surface area contributed by atoms with Crippen molar-refractivity contribution in [2.45, 2.75) is 77.6 Å². The maximum atomic E-state index is 12.5. The summed E-state index contributed by atoms with van der Waals surface area (Å²) in [7, 11) is 0. The minimum atomic E-state index is -1.69. The van der Waals surface area contributed by atoms with Crippen LogP contribution in [0.3, 0.4) is 0 Å². The highest BCUT2D eigenvalue weighted by Crippen LogP contribution is 2.15. The van der Waals surface area contributed by atoms with Crippen molar-refractivity contribution in [3.05, 3.63) is 0 Å². The SMILES string of the molecule is CCCC(=O)OCC(=O)[C@H](OC(=O)CCC)[C@@H](OC(=O)CCC)[C@H](O)CO. The Balaban J connectivity index is 5.38. The van der Waals surface area contributed by atoms with Crippen molar-refractivity contribution in [2.75, 3.05) is 13.2 Å². The van der Waals surface area contributed by atoms with E-state index in [-0.39, 0.29) is 19.3 Å².